The van der Waals surface area contributed by atoms with Gasteiger partial charge in [-0.2, -0.15) is 0 Å². The highest BCUT2D eigenvalue weighted by Crippen LogP contribution is 2.28. The van der Waals surface area contributed by atoms with Gasteiger partial charge in [0.1, 0.15) is 12.2 Å². The summed E-state index contributed by atoms with van der Waals surface area (Å²) < 4.78 is 2.09. The maximum absolute atomic E-state index is 10.8. The molecule has 0 amide bonds. The number of hydrogen-bond donors (Lipinski definition) is 1. The van der Waals surface area contributed by atoms with Crippen LogP contribution in [0.4, 0.5) is 0 Å². The van der Waals surface area contributed by atoms with E-state index in [2.05, 4.69) is 33.5 Å². The van der Waals surface area contributed by atoms with Crippen molar-refractivity contribution in [2.75, 3.05) is 6.54 Å². The number of rotatable bonds is 4. The summed E-state index contributed by atoms with van der Waals surface area (Å²) in [4.78, 5) is 2.33. The van der Waals surface area contributed by atoms with Crippen LogP contribution in [0.1, 0.15) is 31.3 Å². The smallest absolute Gasteiger partial charge is 0.147 e. The zero-order valence-corrected chi connectivity index (χ0v) is 12.6. The molecule has 0 saturated carbocycles. The molecule has 3 rings (SSSR count). The molecule has 2 atom stereocenters. The first-order valence-electron chi connectivity index (χ1n) is 7.50. The molecule has 112 valence electrons. The van der Waals surface area contributed by atoms with E-state index >= 15 is 0 Å². The predicted octanol–water partition coefficient (Wildman–Crippen LogP) is 1.85. The molecule has 1 aliphatic rings. The fourth-order valence-corrected chi connectivity index (χ4v) is 3.17. The van der Waals surface area contributed by atoms with Crippen LogP contribution in [-0.2, 0) is 13.1 Å². The second kappa shape index (κ2) is 5.95. The number of fused-ring (bicyclic) bond motifs is 1. The lowest BCUT2D eigenvalue weighted by molar-refractivity contribution is 0.00737. The topological polar surface area (TPSA) is 54.2 Å². The van der Waals surface area contributed by atoms with Gasteiger partial charge in [0.05, 0.1) is 12.6 Å². The normalized spacial score (nSPS) is 18.5. The molecule has 0 fully saturated rings. The Kier molecular flexibility index (Phi) is 4.03. The molecule has 0 aliphatic carbocycles. The van der Waals surface area contributed by atoms with Gasteiger partial charge in [0, 0.05) is 19.1 Å². The number of aromatic nitrogens is 3. The van der Waals surface area contributed by atoms with Crippen LogP contribution in [0.3, 0.4) is 0 Å². The molecule has 2 unspecified atom stereocenters. The number of aliphatic hydroxyl groups excluding tert-OH is 1. The summed E-state index contributed by atoms with van der Waals surface area (Å²) in [5, 5.41) is 19.0. The fraction of sp³-hybridized carbons (Fsp3) is 0.500. The van der Waals surface area contributed by atoms with Crippen LogP contribution >= 0.6 is 0 Å². The molecule has 5 heteroatoms. The quantitative estimate of drug-likeness (QED) is 0.932. The Labute approximate surface area is 125 Å². The molecular formula is C16H22N4O. The number of aliphatic hydroxyl groups is 1. The van der Waals surface area contributed by atoms with E-state index in [0.29, 0.717) is 5.92 Å². The van der Waals surface area contributed by atoms with E-state index in [1.165, 1.54) is 0 Å². The minimum atomic E-state index is -0.485. The van der Waals surface area contributed by atoms with E-state index in [0.717, 1.165) is 31.0 Å². The Hall–Kier alpha value is -1.72. The van der Waals surface area contributed by atoms with E-state index < -0.39 is 6.10 Å². The Bertz CT molecular complexity index is 581. The zero-order valence-electron chi connectivity index (χ0n) is 12.6. The third-order valence-electron chi connectivity index (χ3n) is 4.24. The van der Waals surface area contributed by atoms with E-state index in [4.69, 9.17) is 0 Å². The maximum atomic E-state index is 10.8. The first kappa shape index (κ1) is 14.2. The summed E-state index contributed by atoms with van der Waals surface area (Å²) >= 11 is 0. The van der Waals surface area contributed by atoms with Crippen molar-refractivity contribution >= 4 is 0 Å². The van der Waals surface area contributed by atoms with Crippen LogP contribution in [0.25, 0.3) is 0 Å². The van der Waals surface area contributed by atoms with Gasteiger partial charge in [-0.05, 0) is 11.5 Å². The number of benzene rings is 1. The van der Waals surface area contributed by atoms with Gasteiger partial charge in [-0.25, -0.2) is 0 Å². The highest BCUT2D eigenvalue weighted by Gasteiger charge is 2.32. The minimum Gasteiger partial charge on any atom is -0.387 e. The van der Waals surface area contributed by atoms with E-state index in [9.17, 15) is 5.11 Å². The molecule has 2 heterocycles. The summed E-state index contributed by atoms with van der Waals surface area (Å²) in [5.74, 6) is 1.34. The highest BCUT2D eigenvalue weighted by atomic mass is 16.3. The monoisotopic (exact) mass is 286 g/mol. The molecule has 1 aliphatic heterocycles. The van der Waals surface area contributed by atoms with Gasteiger partial charge in [0.15, 0.2) is 0 Å². The number of nitrogens with zero attached hydrogens (tertiary/aromatic N) is 4. The lowest BCUT2D eigenvalue weighted by Gasteiger charge is -2.39. The van der Waals surface area contributed by atoms with Crippen LogP contribution in [0, 0.1) is 5.92 Å². The predicted molar refractivity (Wildman–Crippen MR) is 80.5 cm³/mol. The molecule has 0 saturated heterocycles. The molecule has 1 aromatic carbocycles. The van der Waals surface area contributed by atoms with Crippen LogP contribution < -0.4 is 0 Å². The summed E-state index contributed by atoms with van der Waals surface area (Å²) in [5.41, 5.74) is 0.975. The van der Waals surface area contributed by atoms with Crippen molar-refractivity contribution in [2.24, 2.45) is 5.92 Å². The van der Waals surface area contributed by atoms with Gasteiger partial charge in [0.25, 0.3) is 0 Å². The molecule has 21 heavy (non-hydrogen) atoms. The van der Waals surface area contributed by atoms with Gasteiger partial charge in [-0.1, -0.05) is 44.2 Å². The van der Waals surface area contributed by atoms with Gasteiger partial charge >= 0.3 is 0 Å². The van der Waals surface area contributed by atoms with Crippen LogP contribution in [0.2, 0.25) is 0 Å². The molecular weight excluding hydrogens is 264 g/mol. The van der Waals surface area contributed by atoms with Crippen molar-refractivity contribution < 1.29 is 5.11 Å². The fourth-order valence-electron chi connectivity index (χ4n) is 3.17. The Morgan fingerprint density at radius 2 is 1.90 bits per heavy atom. The SMILES string of the molecule is CC(C)C(C(O)c1ccccc1)N1CCn2cnnc2C1. The molecule has 0 radical (unpaired) electrons. The first-order valence-corrected chi connectivity index (χ1v) is 7.50. The van der Waals surface area contributed by atoms with E-state index in [1.807, 2.05) is 30.3 Å². The second-order valence-corrected chi connectivity index (χ2v) is 6.00. The van der Waals surface area contributed by atoms with Crippen LogP contribution in [-0.4, -0.2) is 37.4 Å². The summed E-state index contributed by atoms with van der Waals surface area (Å²) in [6, 6.07) is 9.99. The minimum absolute atomic E-state index is 0.0813. The maximum Gasteiger partial charge on any atom is 0.147 e. The summed E-state index contributed by atoms with van der Waals surface area (Å²) in [6.07, 6.45) is 1.30. The average Bonchev–Trinajstić information content (AvgIpc) is 2.95. The summed E-state index contributed by atoms with van der Waals surface area (Å²) in [6.45, 7) is 6.86. The standard InChI is InChI=1S/C16H22N4O/c1-12(2)15(16(21)13-6-4-3-5-7-13)19-8-9-20-11-17-18-14(20)10-19/h3-7,11-12,15-16,21H,8-10H2,1-2H3. The van der Waals surface area contributed by atoms with Crippen molar-refractivity contribution in [3.05, 3.63) is 48.0 Å². The lowest BCUT2D eigenvalue weighted by Crippen LogP contribution is -2.47. The molecule has 1 aromatic heterocycles. The molecule has 5 nitrogen and oxygen atoms in total. The largest absolute Gasteiger partial charge is 0.387 e. The third-order valence-corrected chi connectivity index (χ3v) is 4.24. The Morgan fingerprint density at radius 1 is 1.14 bits per heavy atom. The second-order valence-electron chi connectivity index (χ2n) is 6.00. The van der Waals surface area contributed by atoms with Crippen molar-refractivity contribution in [3.8, 4) is 0 Å². The van der Waals surface area contributed by atoms with Crippen molar-refractivity contribution in [1.29, 1.82) is 0 Å². The molecule has 2 aromatic rings. The van der Waals surface area contributed by atoms with E-state index in [-0.39, 0.29) is 6.04 Å². The van der Waals surface area contributed by atoms with Gasteiger partial charge in [0.2, 0.25) is 0 Å². The third kappa shape index (κ3) is 2.84. The molecule has 0 spiro atoms. The highest BCUT2D eigenvalue weighted by molar-refractivity contribution is 5.19. The van der Waals surface area contributed by atoms with Gasteiger partial charge in [-0.3, -0.25) is 4.90 Å². The van der Waals surface area contributed by atoms with Crippen molar-refractivity contribution in [2.45, 2.75) is 39.1 Å². The van der Waals surface area contributed by atoms with E-state index in [1.54, 1.807) is 6.33 Å². The first-order chi connectivity index (χ1) is 10.2. The van der Waals surface area contributed by atoms with Crippen LogP contribution in [0.15, 0.2) is 36.7 Å². The Morgan fingerprint density at radius 3 is 2.62 bits per heavy atom. The van der Waals surface area contributed by atoms with Crippen LogP contribution in [0.5, 0.6) is 0 Å². The molecule has 0 bridgehead atoms. The zero-order chi connectivity index (χ0) is 14.8. The average molecular weight is 286 g/mol. The summed E-state index contributed by atoms with van der Waals surface area (Å²) in [7, 11) is 0. The van der Waals surface area contributed by atoms with Crippen molar-refractivity contribution in [3.63, 3.8) is 0 Å². The van der Waals surface area contributed by atoms with Gasteiger partial charge in [-0.15, -0.1) is 10.2 Å². The van der Waals surface area contributed by atoms with Gasteiger partial charge < -0.3 is 9.67 Å². The molecule has 1 N–H and O–H groups in total. The number of hydrogen-bond acceptors (Lipinski definition) is 4. The Balaban J connectivity index is 1.82. The lowest BCUT2D eigenvalue weighted by atomic mass is 9.91. The van der Waals surface area contributed by atoms with Crippen molar-refractivity contribution in [1.82, 2.24) is 19.7 Å².